The molecule has 0 unspecified atom stereocenters. The highest BCUT2D eigenvalue weighted by Gasteiger charge is 2.68. The monoisotopic (exact) mass is 512 g/mol. The molecule has 0 aromatic carbocycles. The molecule has 0 radical (unpaired) electrons. The van der Waals surface area contributed by atoms with Crippen LogP contribution in [0, 0.1) is 46.3 Å². The van der Waals surface area contributed by atoms with E-state index in [1.165, 1.54) is 38.5 Å². The molecule has 4 heteroatoms. The largest absolute Gasteiger partial charge is 0.462 e. The van der Waals surface area contributed by atoms with E-state index in [-0.39, 0.29) is 23.3 Å². The molecular weight excluding hydrogens is 460 g/mol. The molecular formula is C33H52O4. The van der Waals surface area contributed by atoms with Crippen molar-refractivity contribution in [2.75, 3.05) is 6.61 Å². The summed E-state index contributed by atoms with van der Waals surface area (Å²) in [6, 6.07) is 0. The summed E-state index contributed by atoms with van der Waals surface area (Å²) < 4.78 is 19.4. The van der Waals surface area contributed by atoms with E-state index in [0.29, 0.717) is 35.7 Å². The lowest BCUT2D eigenvalue weighted by Gasteiger charge is -2.58. The Morgan fingerprint density at radius 2 is 1.92 bits per heavy atom. The van der Waals surface area contributed by atoms with Gasteiger partial charge in [-0.15, -0.1) is 0 Å². The van der Waals surface area contributed by atoms with Crippen LogP contribution in [0.3, 0.4) is 0 Å². The van der Waals surface area contributed by atoms with Gasteiger partial charge in [-0.1, -0.05) is 59.1 Å². The fourth-order valence-corrected chi connectivity index (χ4v) is 10.5. The van der Waals surface area contributed by atoms with E-state index < -0.39 is 0 Å². The first-order valence-corrected chi connectivity index (χ1v) is 15.9. The lowest BCUT2D eigenvalue weighted by molar-refractivity contribution is -0.272. The lowest BCUT2D eigenvalue weighted by Crippen LogP contribution is -2.52. The molecule has 0 aromatic heterocycles. The van der Waals surface area contributed by atoms with Gasteiger partial charge in [-0.05, 0) is 91.8 Å². The van der Waals surface area contributed by atoms with Crippen molar-refractivity contribution in [3.63, 3.8) is 0 Å². The molecule has 5 fully saturated rings. The number of fused-ring (bicyclic) bond motifs is 7. The second-order valence-corrected chi connectivity index (χ2v) is 14.6. The van der Waals surface area contributed by atoms with Crippen LogP contribution in [0.5, 0.6) is 0 Å². The maximum atomic E-state index is 12.4. The minimum atomic E-state index is -0.315. The smallest absolute Gasteiger partial charge is 0.306 e. The van der Waals surface area contributed by atoms with Gasteiger partial charge in [-0.25, -0.2) is 0 Å². The third-order valence-corrected chi connectivity index (χ3v) is 12.6. The van der Waals surface area contributed by atoms with Crippen LogP contribution in [0.25, 0.3) is 0 Å². The van der Waals surface area contributed by atoms with E-state index in [0.717, 1.165) is 62.9 Å². The van der Waals surface area contributed by atoms with Crippen molar-refractivity contribution in [2.24, 2.45) is 46.3 Å². The van der Waals surface area contributed by atoms with Crippen LogP contribution in [-0.2, 0) is 19.0 Å². The van der Waals surface area contributed by atoms with Gasteiger partial charge in [0, 0.05) is 25.2 Å². The second-order valence-electron chi connectivity index (χ2n) is 14.6. The molecule has 0 N–H and O–H groups in total. The summed E-state index contributed by atoms with van der Waals surface area (Å²) in [6.07, 6.45) is 17.4. The fraction of sp³-hybridized carbons (Fsp3) is 0.909. The molecule has 2 saturated heterocycles. The van der Waals surface area contributed by atoms with Crippen LogP contribution in [0.2, 0.25) is 0 Å². The zero-order valence-electron chi connectivity index (χ0n) is 24.2. The van der Waals surface area contributed by atoms with Crippen LogP contribution in [0.15, 0.2) is 11.6 Å². The molecule has 37 heavy (non-hydrogen) atoms. The molecule has 2 heterocycles. The number of carbonyl (C=O) groups is 1. The molecule has 2 aliphatic heterocycles. The lowest BCUT2D eigenvalue weighted by atomic mass is 9.47. The normalized spacial score (nSPS) is 50.6. The molecule has 3 saturated carbocycles. The Balaban J connectivity index is 1.15. The average molecular weight is 513 g/mol. The Kier molecular flexibility index (Phi) is 6.87. The summed E-state index contributed by atoms with van der Waals surface area (Å²) in [7, 11) is 0. The molecule has 0 amide bonds. The molecule has 6 rings (SSSR count). The zero-order chi connectivity index (χ0) is 26.0. The number of hydrogen-bond donors (Lipinski definition) is 0. The molecule has 4 nitrogen and oxygen atoms in total. The van der Waals surface area contributed by atoms with Crippen molar-refractivity contribution in [1.29, 1.82) is 0 Å². The van der Waals surface area contributed by atoms with E-state index in [2.05, 4.69) is 40.7 Å². The Morgan fingerprint density at radius 3 is 2.68 bits per heavy atom. The van der Waals surface area contributed by atoms with Gasteiger partial charge in [0.25, 0.3) is 0 Å². The van der Waals surface area contributed by atoms with Gasteiger partial charge >= 0.3 is 5.97 Å². The molecule has 0 bridgehead atoms. The van der Waals surface area contributed by atoms with E-state index >= 15 is 0 Å². The van der Waals surface area contributed by atoms with Crippen molar-refractivity contribution in [3.8, 4) is 0 Å². The fourth-order valence-electron chi connectivity index (χ4n) is 10.5. The van der Waals surface area contributed by atoms with Crippen molar-refractivity contribution in [1.82, 2.24) is 0 Å². The summed E-state index contributed by atoms with van der Waals surface area (Å²) in [5.41, 5.74) is 2.25. The topological polar surface area (TPSA) is 44.8 Å². The standard InChI is InChI=1S/C33H52O4/c1-6-7-8-9-29(34)36-24-13-15-31(4)23(18-24)10-11-25-26(31)14-16-32(5)27(25)19-28-30(32)22(3)33(37-28)17-12-21(2)20-35-33/h10,21-22,24-28,30H,6-9,11-20H2,1-5H3/t21-,22-,24-,25+,26-,27-,28-,30-,31-,32-,33-/m0/s1. The maximum absolute atomic E-state index is 12.4. The Hall–Kier alpha value is -0.870. The molecule has 1 spiro atoms. The minimum absolute atomic E-state index is 0.0190. The predicted molar refractivity (Wildman–Crippen MR) is 146 cm³/mol. The highest BCUT2D eigenvalue weighted by molar-refractivity contribution is 5.69. The van der Waals surface area contributed by atoms with Crippen molar-refractivity contribution in [2.45, 2.75) is 136 Å². The number of rotatable bonds is 5. The van der Waals surface area contributed by atoms with Crippen LogP contribution in [-0.4, -0.2) is 30.6 Å². The van der Waals surface area contributed by atoms with Crippen molar-refractivity contribution in [3.05, 3.63) is 11.6 Å². The van der Waals surface area contributed by atoms with Gasteiger partial charge in [-0.3, -0.25) is 4.79 Å². The number of carbonyl (C=O) groups excluding carboxylic acids is 1. The minimum Gasteiger partial charge on any atom is -0.462 e. The Bertz CT molecular complexity index is 902. The summed E-state index contributed by atoms with van der Waals surface area (Å²) in [5.74, 6) is 3.77. The van der Waals surface area contributed by atoms with Crippen molar-refractivity contribution < 1.29 is 19.0 Å². The van der Waals surface area contributed by atoms with Gasteiger partial charge in [-0.2, -0.15) is 0 Å². The van der Waals surface area contributed by atoms with Crippen LogP contribution in [0.4, 0.5) is 0 Å². The van der Waals surface area contributed by atoms with E-state index in [4.69, 9.17) is 14.2 Å². The van der Waals surface area contributed by atoms with Gasteiger partial charge in [0.05, 0.1) is 12.7 Å². The number of ether oxygens (including phenoxy) is 3. The summed E-state index contributed by atoms with van der Waals surface area (Å²) in [6.45, 7) is 13.0. The summed E-state index contributed by atoms with van der Waals surface area (Å²) in [5, 5.41) is 0. The van der Waals surface area contributed by atoms with Gasteiger partial charge in [0.2, 0.25) is 0 Å². The van der Waals surface area contributed by atoms with E-state index in [1.54, 1.807) is 5.57 Å². The van der Waals surface area contributed by atoms with Crippen LogP contribution in [0.1, 0.15) is 118 Å². The quantitative estimate of drug-likeness (QED) is 0.214. The number of allylic oxidation sites excluding steroid dienone is 1. The highest BCUT2D eigenvalue weighted by Crippen LogP contribution is 2.70. The Labute approximate surface area is 225 Å². The molecule has 208 valence electrons. The van der Waals surface area contributed by atoms with Crippen molar-refractivity contribution >= 4 is 5.97 Å². The molecule has 0 aromatic rings. The van der Waals surface area contributed by atoms with E-state index in [9.17, 15) is 4.79 Å². The summed E-state index contributed by atoms with van der Waals surface area (Å²) in [4.78, 5) is 12.4. The zero-order valence-corrected chi connectivity index (χ0v) is 24.2. The molecule has 11 atom stereocenters. The maximum Gasteiger partial charge on any atom is 0.306 e. The molecule has 4 aliphatic carbocycles. The van der Waals surface area contributed by atoms with Gasteiger partial charge in [0.1, 0.15) is 6.10 Å². The first-order valence-electron chi connectivity index (χ1n) is 15.9. The highest BCUT2D eigenvalue weighted by atomic mass is 16.7. The predicted octanol–water partition coefficient (Wildman–Crippen LogP) is 7.85. The third-order valence-electron chi connectivity index (χ3n) is 12.6. The SMILES string of the molecule is CCCCCC(=O)O[C@H]1CC[C@@]2(C)C(=CC[C@H]3[C@@H]4C[C@@H]5O[C@@]6(CC[C@H](C)CO6)[C@@H](C)[C@@H]5[C@@]4(C)CC[C@@H]32)C1. The Morgan fingerprint density at radius 1 is 1.08 bits per heavy atom. The number of hydrogen-bond acceptors (Lipinski definition) is 4. The molecule has 6 aliphatic rings. The summed E-state index contributed by atoms with van der Waals surface area (Å²) >= 11 is 0. The number of esters is 1. The van der Waals surface area contributed by atoms with Crippen LogP contribution >= 0.6 is 0 Å². The third kappa shape index (κ3) is 4.17. The van der Waals surface area contributed by atoms with Gasteiger partial charge < -0.3 is 14.2 Å². The van der Waals surface area contributed by atoms with E-state index in [1.807, 2.05) is 0 Å². The van der Waals surface area contributed by atoms with Gasteiger partial charge in [0.15, 0.2) is 5.79 Å². The first kappa shape index (κ1) is 26.4. The average Bonchev–Trinajstić information content (AvgIpc) is 3.31. The first-order chi connectivity index (χ1) is 17.7. The van der Waals surface area contributed by atoms with Crippen LogP contribution < -0.4 is 0 Å². The second kappa shape index (κ2) is 9.65. The number of unbranched alkanes of at least 4 members (excludes halogenated alkanes) is 2.